The van der Waals surface area contributed by atoms with E-state index >= 15 is 0 Å². The Morgan fingerprint density at radius 1 is 0.938 bits per heavy atom. The highest BCUT2D eigenvalue weighted by Gasteiger charge is 2.28. The molecule has 1 aliphatic rings. The van der Waals surface area contributed by atoms with Gasteiger partial charge in [0.2, 0.25) is 0 Å². The molecule has 94 valence electrons. The molecule has 0 radical (unpaired) electrons. The highest BCUT2D eigenvalue weighted by Crippen LogP contribution is 2.20. The van der Waals surface area contributed by atoms with E-state index in [1.807, 2.05) is 0 Å². The lowest BCUT2D eigenvalue weighted by Gasteiger charge is -2.33. The fourth-order valence-corrected chi connectivity index (χ4v) is 2.75. The van der Waals surface area contributed by atoms with Crippen LogP contribution in [0.2, 0.25) is 0 Å². The highest BCUT2D eigenvalue weighted by atomic mass is 15.4. The van der Waals surface area contributed by atoms with Gasteiger partial charge in [0.15, 0.2) is 0 Å². The Balaban J connectivity index is 0.00000106. The zero-order chi connectivity index (χ0) is 12.3. The number of quaternary nitrogens is 1. The quantitative estimate of drug-likeness (QED) is 0.367. The molecule has 16 heavy (non-hydrogen) atoms. The zero-order valence-electron chi connectivity index (χ0n) is 11.2. The Morgan fingerprint density at radius 2 is 1.50 bits per heavy atom. The molecule has 1 fully saturated rings. The van der Waals surface area contributed by atoms with Crippen molar-refractivity contribution < 1.29 is 4.48 Å². The van der Waals surface area contributed by atoms with Crippen molar-refractivity contribution in [3.05, 3.63) is 6.57 Å². The summed E-state index contributed by atoms with van der Waals surface area (Å²) < 4.78 is 1.44. The number of nitrogens with zero attached hydrogens (tertiary/aromatic N) is 2. The first kappa shape index (κ1) is 15.4. The monoisotopic (exact) mass is 224 g/mol. The lowest BCUT2D eigenvalue weighted by molar-refractivity contribution is -0.915. The van der Waals surface area contributed by atoms with Gasteiger partial charge in [0.05, 0.1) is 26.2 Å². The normalized spacial score (nSPS) is 17.8. The van der Waals surface area contributed by atoms with E-state index in [1.54, 1.807) is 0 Å². The minimum atomic E-state index is 1.37. The van der Waals surface area contributed by atoms with Crippen molar-refractivity contribution in [2.75, 3.05) is 26.2 Å². The van der Waals surface area contributed by atoms with Crippen LogP contribution in [0.1, 0.15) is 58.8 Å². The summed E-state index contributed by atoms with van der Waals surface area (Å²) in [5.74, 6) is 0. The molecule has 0 aromatic heterocycles. The Morgan fingerprint density at radius 3 is 2.00 bits per heavy atom. The van der Waals surface area contributed by atoms with Gasteiger partial charge in [-0.15, -0.1) is 0 Å². The third kappa shape index (κ3) is 5.51. The second-order valence-corrected chi connectivity index (χ2v) is 4.95. The van der Waals surface area contributed by atoms with Gasteiger partial charge in [-0.25, -0.2) is 0 Å². The first-order chi connectivity index (χ1) is 7.83. The number of likely N-dealkylation sites (tertiary alicyclic amines) is 1. The second-order valence-electron chi connectivity index (χ2n) is 4.95. The van der Waals surface area contributed by atoms with Crippen LogP contribution in [0, 0.1) is 11.8 Å². The smallest absolute Gasteiger partial charge is 0.0788 e. The summed E-state index contributed by atoms with van der Waals surface area (Å²) in [4.78, 5) is 0. The number of rotatable bonds is 7. The Bertz CT molecular complexity index is 169. The SMILES string of the molecule is CCCCCCC[N+]1(CC)CCCC1.[C-]#N. The molecule has 0 aliphatic carbocycles. The van der Waals surface area contributed by atoms with Crippen LogP contribution in [-0.4, -0.2) is 30.7 Å². The van der Waals surface area contributed by atoms with Gasteiger partial charge in [0.1, 0.15) is 0 Å². The molecule has 0 aromatic rings. The van der Waals surface area contributed by atoms with E-state index in [2.05, 4.69) is 13.8 Å². The maximum atomic E-state index is 6.25. The molecule has 0 atom stereocenters. The molecule has 1 rings (SSSR count). The topological polar surface area (TPSA) is 23.8 Å². The number of unbranched alkanes of at least 4 members (excludes halogenated alkanes) is 4. The molecule has 0 N–H and O–H groups in total. The minimum Gasteiger partial charge on any atom is -0.512 e. The Hall–Kier alpha value is -0.550. The number of hydrogen-bond acceptors (Lipinski definition) is 1. The van der Waals surface area contributed by atoms with Crippen LogP contribution in [-0.2, 0) is 0 Å². The largest absolute Gasteiger partial charge is 0.512 e. The summed E-state index contributed by atoms with van der Waals surface area (Å²) in [7, 11) is 0. The van der Waals surface area contributed by atoms with Gasteiger partial charge in [-0.05, 0) is 19.8 Å². The predicted octanol–water partition coefficient (Wildman–Crippen LogP) is 3.68. The van der Waals surface area contributed by atoms with Gasteiger partial charge >= 0.3 is 0 Å². The van der Waals surface area contributed by atoms with E-state index in [1.165, 1.54) is 75.6 Å². The maximum absolute atomic E-state index is 6.25. The summed E-state index contributed by atoms with van der Waals surface area (Å²) in [6, 6.07) is 0. The molecule has 1 aliphatic heterocycles. The van der Waals surface area contributed by atoms with E-state index in [0.717, 1.165) is 0 Å². The van der Waals surface area contributed by atoms with Crippen molar-refractivity contribution in [1.82, 2.24) is 0 Å². The van der Waals surface area contributed by atoms with Gasteiger partial charge in [0.25, 0.3) is 0 Å². The van der Waals surface area contributed by atoms with Crippen molar-refractivity contribution in [3.8, 4) is 0 Å². The van der Waals surface area contributed by atoms with Crippen LogP contribution in [0.25, 0.3) is 0 Å². The first-order valence-corrected chi connectivity index (χ1v) is 6.90. The molecule has 0 unspecified atom stereocenters. The molecule has 0 aromatic carbocycles. The van der Waals surface area contributed by atoms with E-state index < -0.39 is 0 Å². The molecule has 0 bridgehead atoms. The fraction of sp³-hybridized carbons (Fsp3) is 0.929. The van der Waals surface area contributed by atoms with E-state index in [-0.39, 0.29) is 0 Å². The van der Waals surface area contributed by atoms with Crippen molar-refractivity contribution in [2.45, 2.75) is 58.8 Å². The molecule has 2 heteroatoms. The standard InChI is InChI=1S/C13H28N.CN/c1-3-5-6-7-8-11-14(4-2)12-9-10-13-14;1-2/h3-13H2,1-2H3;/q+1;-1. The van der Waals surface area contributed by atoms with Crippen LogP contribution < -0.4 is 0 Å². The maximum Gasteiger partial charge on any atom is 0.0788 e. The average Bonchev–Trinajstić information content (AvgIpc) is 2.81. The summed E-state index contributed by atoms with van der Waals surface area (Å²) >= 11 is 0. The van der Waals surface area contributed by atoms with Crippen molar-refractivity contribution >= 4 is 0 Å². The van der Waals surface area contributed by atoms with Gasteiger partial charge in [-0.2, -0.15) is 0 Å². The van der Waals surface area contributed by atoms with Gasteiger partial charge < -0.3 is 16.3 Å². The lowest BCUT2D eigenvalue weighted by Crippen LogP contribution is -2.45. The third-order valence-electron chi connectivity index (χ3n) is 3.92. The molecule has 0 amide bonds. The molecule has 2 nitrogen and oxygen atoms in total. The van der Waals surface area contributed by atoms with Gasteiger partial charge in [0, 0.05) is 12.8 Å². The Kier molecular flexibility index (Phi) is 9.33. The second kappa shape index (κ2) is 9.66. The van der Waals surface area contributed by atoms with Crippen LogP contribution in [0.3, 0.4) is 0 Å². The van der Waals surface area contributed by atoms with E-state index in [9.17, 15) is 0 Å². The number of hydrogen-bond donors (Lipinski definition) is 0. The molecule has 1 saturated heterocycles. The molecule has 0 saturated carbocycles. The van der Waals surface area contributed by atoms with E-state index in [4.69, 9.17) is 11.8 Å². The van der Waals surface area contributed by atoms with Gasteiger partial charge in [-0.3, -0.25) is 0 Å². The van der Waals surface area contributed by atoms with Crippen LogP contribution in [0.4, 0.5) is 0 Å². The van der Waals surface area contributed by atoms with Gasteiger partial charge in [-0.1, -0.05) is 26.2 Å². The summed E-state index contributed by atoms with van der Waals surface area (Å²) in [5, 5.41) is 6.25. The van der Waals surface area contributed by atoms with Crippen LogP contribution in [0.15, 0.2) is 0 Å². The first-order valence-electron chi connectivity index (χ1n) is 6.90. The molecule has 0 spiro atoms. The van der Waals surface area contributed by atoms with Crippen molar-refractivity contribution in [1.29, 1.82) is 5.26 Å². The zero-order valence-corrected chi connectivity index (χ0v) is 11.2. The Labute approximate surface area is 102 Å². The van der Waals surface area contributed by atoms with Crippen LogP contribution >= 0.6 is 0 Å². The van der Waals surface area contributed by atoms with E-state index in [0.29, 0.717) is 0 Å². The predicted molar refractivity (Wildman–Crippen MR) is 68.4 cm³/mol. The average molecular weight is 224 g/mol. The summed E-state index contributed by atoms with van der Waals surface area (Å²) in [6.45, 7) is 15.2. The molecular weight excluding hydrogens is 196 g/mol. The lowest BCUT2D eigenvalue weighted by atomic mass is 10.1. The molecular formula is C14H28N2. The van der Waals surface area contributed by atoms with Crippen molar-refractivity contribution in [2.24, 2.45) is 0 Å². The van der Waals surface area contributed by atoms with Crippen LogP contribution in [0.5, 0.6) is 0 Å². The van der Waals surface area contributed by atoms with Crippen molar-refractivity contribution in [3.63, 3.8) is 0 Å². The molecule has 1 heterocycles. The highest BCUT2D eigenvalue weighted by molar-refractivity contribution is 4.54. The summed E-state index contributed by atoms with van der Waals surface area (Å²) in [5.41, 5.74) is 0. The summed E-state index contributed by atoms with van der Waals surface area (Å²) in [6.07, 6.45) is 10.1. The fourth-order valence-electron chi connectivity index (χ4n) is 2.75. The third-order valence-corrected chi connectivity index (χ3v) is 3.92. The minimum absolute atomic E-state index is 1.37.